The molecule has 0 unspecified atom stereocenters. The van der Waals surface area contributed by atoms with E-state index in [0.29, 0.717) is 11.5 Å². The lowest BCUT2D eigenvalue weighted by Gasteiger charge is -2.12. The zero-order valence-corrected chi connectivity index (χ0v) is 15.2. The zero-order chi connectivity index (χ0) is 19.2. The van der Waals surface area contributed by atoms with Gasteiger partial charge in [-0.25, -0.2) is 4.79 Å². The molecule has 1 N–H and O–H groups in total. The van der Waals surface area contributed by atoms with Gasteiger partial charge in [0.2, 0.25) is 0 Å². The van der Waals surface area contributed by atoms with Gasteiger partial charge in [0.15, 0.2) is 13.2 Å². The van der Waals surface area contributed by atoms with Crippen LogP contribution in [-0.4, -0.2) is 25.1 Å². The summed E-state index contributed by atoms with van der Waals surface area (Å²) in [7, 11) is 0. The van der Waals surface area contributed by atoms with Crippen molar-refractivity contribution in [1.29, 1.82) is 0 Å². The van der Waals surface area contributed by atoms with E-state index in [2.05, 4.69) is 5.32 Å². The number of nitrogens with one attached hydrogen (secondary N) is 1. The van der Waals surface area contributed by atoms with Gasteiger partial charge in [0.05, 0.1) is 6.04 Å². The fourth-order valence-electron chi connectivity index (χ4n) is 2.61. The van der Waals surface area contributed by atoms with Gasteiger partial charge in [0.1, 0.15) is 17.1 Å². The van der Waals surface area contributed by atoms with E-state index in [4.69, 9.17) is 13.9 Å². The molecule has 0 radical (unpaired) electrons. The number of para-hydroxylation sites is 2. The van der Waals surface area contributed by atoms with Crippen LogP contribution < -0.4 is 10.1 Å². The van der Waals surface area contributed by atoms with Crippen molar-refractivity contribution in [3.63, 3.8) is 0 Å². The van der Waals surface area contributed by atoms with E-state index in [1.54, 1.807) is 13.0 Å². The van der Waals surface area contributed by atoms with Gasteiger partial charge in [-0.05, 0) is 37.6 Å². The fourth-order valence-corrected chi connectivity index (χ4v) is 2.61. The quantitative estimate of drug-likeness (QED) is 0.646. The molecule has 0 spiro atoms. The summed E-state index contributed by atoms with van der Waals surface area (Å²) in [4.78, 5) is 23.8. The first kappa shape index (κ1) is 18.5. The van der Waals surface area contributed by atoms with Crippen molar-refractivity contribution in [2.75, 3.05) is 13.2 Å². The Morgan fingerprint density at radius 1 is 1.07 bits per heavy atom. The molecule has 0 saturated heterocycles. The molecule has 0 aliphatic carbocycles. The Balaban J connectivity index is 1.44. The van der Waals surface area contributed by atoms with Gasteiger partial charge in [-0.3, -0.25) is 4.79 Å². The minimum absolute atomic E-state index is 0.253. The standard InChI is InChI=1S/C21H21NO5/c1-14-7-3-5-9-17(14)25-13-21(24)26-12-20(23)22-15(2)19-11-16-8-4-6-10-18(16)27-19/h3-11,15H,12-13H2,1-2H3,(H,22,23)/t15-/m0/s1. The molecule has 0 aliphatic heterocycles. The van der Waals surface area contributed by atoms with Crippen molar-refractivity contribution in [2.45, 2.75) is 19.9 Å². The van der Waals surface area contributed by atoms with E-state index in [1.807, 2.05) is 55.5 Å². The average molecular weight is 367 g/mol. The molecule has 1 atom stereocenters. The van der Waals surface area contributed by atoms with Crippen LogP contribution in [0.3, 0.4) is 0 Å². The second kappa shape index (κ2) is 8.40. The normalized spacial score (nSPS) is 11.8. The smallest absolute Gasteiger partial charge is 0.344 e. The average Bonchev–Trinajstić information content (AvgIpc) is 3.10. The highest BCUT2D eigenvalue weighted by Crippen LogP contribution is 2.23. The molecule has 3 aromatic rings. The highest BCUT2D eigenvalue weighted by Gasteiger charge is 2.15. The number of amides is 1. The molecule has 2 aromatic carbocycles. The van der Waals surface area contributed by atoms with Crippen LogP contribution >= 0.6 is 0 Å². The van der Waals surface area contributed by atoms with Gasteiger partial charge < -0.3 is 19.2 Å². The number of esters is 1. The number of aryl methyl sites for hydroxylation is 1. The first-order valence-corrected chi connectivity index (χ1v) is 8.65. The lowest BCUT2D eigenvalue weighted by atomic mass is 10.2. The highest BCUT2D eigenvalue weighted by atomic mass is 16.6. The van der Waals surface area contributed by atoms with Crippen molar-refractivity contribution in [3.8, 4) is 5.75 Å². The maximum atomic E-state index is 12.0. The Hall–Kier alpha value is -3.28. The van der Waals surface area contributed by atoms with Crippen LogP contribution in [0.15, 0.2) is 59.0 Å². The summed E-state index contributed by atoms with van der Waals surface area (Å²) in [5.41, 5.74) is 1.68. The van der Waals surface area contributed by atoms with E-state index >= 15 is 0 Å². The number of hydrogen-bond donors (Lipinski definition) is 1. The SMILES string of the molecule is Cc1ccccc1OCC(=O)OCC(=O)N[C@@H](C)c1cc2ccccc2o1. The number of carbonyl (C=O) groups is 2. The van der Waals surface area contributed by atoms with Gasteiger partial charge in [-0.15, -0.1) is 0 Å². The summed E-state index contributed by atoms with van der Waals surface area (Å²) in [5, 5.41) is 3.71. The number of rotatable bonds is 7. The van der Waals surface area contributed by atoms with E-state index in [1.165, 1.54) is 0 Å². The van der Waals surface area contributed by atoms with Crippen molar-refractivity contribution in [1.82, 2.24) is 5.32 Å². The summed E-state index contributed by atoms with van der Waals surface area (Å²) < 4.78 is 16.1. The molecule has 1 heterocycles. The highest BCUT2D eigenvalue weighted by molar-refractivity contribution is 5.82. The molecule has 3 rings (SSSR count). The van der Waals surface area contributed by atoms with Crippen LogP contribution in [0, 0.1) is 6.92 Å². The Kier molecular flexibility index (Phi) is 5.76. The number of ether oxygens (including phenoxy) is 2. The first-order chi connectivity index (χ1) is 13.0. The van der Waals surface area contributed by atoms with E-state index < -0.39 is 11.9 Å². The van der Waals surface area contributed by atoms with E-state index in [-0.39, 0.29) is 19.3 Å². The molecule has 6 nitrogen and oxygen atoms in total. The summed E-state index contributed by atoms with van der Waals surface area (Å²) in [6.07, 6.45) is 0. The van der Waals surface area contributed by atoms with Crippen molar-refractivity contribution >= 4 is 22.8 Å². The fraction of sp³-hybridized carbons (Fsp3) is 0.238. The van der Waals surface area contributed by atoms with E-state index in [9.17, 15) is 9.59 Å². The topological polar surface area (TPSA) is 77.8 Å². The number of furan rings is 1. The molecule has 6 heteroatoms. The van der Waals surface area contributed by atoms with Gasteiger partial charge in [0, 0.05) is 5.39 Å². The molecule has 27 heavy (non-hydrogen) atoms. The van der Waals surface area contributed by atoms with E-state index in [0.717, 1.165) is 16.5 Å². The molecule has 0 bridgehead atoms. The molecular formula is C21H21NO5. The van der Waals surface area contributed by atoms with Crippen molar-refractivity contribution < 1.29 is 23.5 Å². The van der Waals surface area contributed by atoms with Crippen LogP contribution in [0.2, 0.25) is 0 Å². The lowest BCUT2D eigenvalue weighted by molar-refractivity contribution is -0.150. The largest absolute Gasteiger partial charge is 0.482 e. The van der Waals surface area contributed by atoms with Gasteiger partial charge >= 0.3 is 5.97 Å². The number of fused-ring (bicyclic) bond motifs is 1. The Morgan fingerprint density at radius 3 is 2.59 bits per heavy atom. The minimum atomic E-state index is -0.607. The maximum absolute atomic E-state index is 12.0. The predicted molar refractivity (Wildman–Crippen MR) is 100 cm³/mol. The first-order valence-electron chi connectivity index (χ1n) is 8.65. The van der Waals surface area contributed by atoms with Crippen LogP contribution in [0.5, 0.6) is 5.75 Å². The Bertz CT molecular complexity index is 913. The molecule has 0 aliphatic rings. The number of carbonyl (C=O) groups excluding carboxylic acids is 2. The summed E-state index contributed by atoms with van der Waals surface area (Å²) in [5.74, 6) is 0.230. The van der Waals surface area contributed by atoms with Crippen LogP contribution in [0.4, 0.5) is 0 Å². The molecule has 1 aromatic heterocycles. The minimum Gasteiger partial charge on any atom is -0.482 e. The molecule has 0 fully saturated rings. The third-order valence-corrected chi connectivity index (χ3v) is 4.05. The van der Waals surface area contributed by atoms with Crippen molar-refractivity contribution in [2.24, 2.45) is 0 Å². The summed E-state index contributed by atoms with van der Waals surface area (Å²) in [6, 6.07) is 16.5. The molecule has 1 amide bonds. The second-order valence-electron chi connectivity index (χ2n) is 6.19. The third kappa shape index (κ3) is 4.88. The van der Waals surface area contributed by atoms with Gasteiger partial charge in [0.25, 0.3) is 5.91 Å². The van der Waals surface area contributed by atoms with Gasteiger partial charge in [-0.2, -0.15) is 0 Å². The molecule has 0 saturated carbocycles. The number of benzene rings is 2. The van der Waals surface area contributed by atoms with Crippen molar-refractivity contribution in [3.05, 3.63) is 65.9 Å². The summed E-state index contributed by atoms with van der Waals surface area (Å²) in [6.45, 7) is 3.06. The summed E-state index contributed by atoms with van der Waals surface area (Å²) >= 11 is 0. The van der Waals surface area contributed by atoms with Crippen LogP contribution in [0.25, 0.3) is 11.0 Å². The van der Waals surface area contributed by atoms with Crippen LogP contribution in [0.1, 0.15) is 24.3 Å². The number of hydrogen-bond acceptors (Lipinski definition) is 5. The molecular weight excluding hydrogens is 346 g/mol. The van der Waals surface area contributed by atoms with Crippen LogP contribution in [-0.2, 0) is 14.3 Å². The zero-order valence-electron chi connectivity index (χ0n) is 15.2. The Morgan fingerprint density at radius 2 is 1.81 bits per heavy atom. The molecule has 140 valence electrons. The lowest BCUT2D eigenvalue weighted by Crippen LogP contribution is -2.31. The maximum Gasteiger partial charge on any atom is 0.344 e. The predicted octanol–water partition coefficient (Wildman–Crippen LogP) is 3.54. The Labute approximate surface area is 157 Å². The monoisotopic (exact) mass is 367 g/mol. The third-order valence-electron chi connectivity index (χ3n) is 4.05. The second-order valence-corrected chi connectivity index (χ2v) is 6.19. The van der Waals surface area contributed by atoms with Gasteiger partial charge in [-0.1, -0.05) is 36.4 Å².